The topological polar surface area (TPSA) is 76.4 Å². The van der Waals surface area contributed by atoms with Crippen LogP contribution in [0.5, 0.6) is 0 Å². The monoisotopic (exact) mass is 279 g/mol. The number of nitrogens with zero attached hydrogens (tertiary/aromatic N) is 1. The van der Waals surface area contributed by atoms with Gasteiger partial charge in [-0.2, -0.15) is 5.26 Å². The Morgan fingerprint density at radius 2 is 1.80 bits per heavy atom. The zero-order chi connectivity index (χ0) is 15.1. The Hall–Kier alpha value is -2.42. The first-order valence-electron chi connectivity index (χ1n) is 6.07. The predicted molar refractivity (Wildman–Crippen MR) is 67.1 cm³/mol. The molecule has 0 bridgehead atoms. The summed E-state index contributed by atoms with van der Waals surface area (Å²) in [6, 6.07) is 5.27. The van der Waals surface area contributed by atoms with Crippen molar-refractivity contribution in [3.63, 3.8) is 0 Å². The Morgan fingerprint density at radius 1 is 1.25 bits per heavy atom. The lowest BCUT2D eigenvalue weighted by Crippen LogP contribution is -2.27. The molecule has 0 fully saturated rings. The van der Waals surface area contributed by atoms with Crippen LogP contribution in [0.2, 0.25) is 0 Å². The molecule has 0 saturated heterocycles. The maximum absolute atomic E-state index is 13.9. The molecule has 0 spiro atoms. The van der Waals surface area contributed by atoms with Gasteiger partial charge in [-0.05, 0) is 26.0 Å². The Labute approximate surface area is 115 Å². The molecule has 0 unspecified atom stereocenters. The normalized spacial score (nSPS) is 9.95. The number of halogens is 1. The van der Waals surface area contributed by atoms with Gasteiger partial charge in [-0.1, -0.05) is 6.07 Å². The number of benzene rings is 1. The van der Waals surface area contributed by atoms with Crippen LogP contribution in [-0.2, 0) is 19.1 Å². The molecule has 0 aliphatic rings. The van der Waals surface area contributed by atoms with Crippen LogP contribution < -0.4 is 0 Å². The van der Waals surface area contributed by atoms with Crippen molar-refractivity contribution >= 4 is 11.9 Å². The SMILES string of the molecule is CCOC(=O)C(C(=O)OCC)c1ccc(C#N)cc1F. The summed E-state index contributed by atoms with van der Waals surface area (Å²) in [5, 5.41) is 8.68. The second-order valence-corrected chi connectivity index (χ2v) is 3.79. The molecule has 0 atom stereocenters. The number of ether oxygens (including phenoxy) is 2. The van der Waals surface area contributed by atoms with E-state index in [1.807, 2.05) is 0 Å². The molecule has 5 nitrogen and oxygen atoms in total. The van der Waals surface area contributed by atoms with Crippen molar-refractivity contribution < 1.29 is 23.5 Å². The first kappa shape index (κ1) is 15.6. The zero-order valence-electron chi connectivity index (χ0n) is 11.2. The van der Waals surface area contributed by atoms with E-state index in [9.17, 15) is 14.0 Å². The van der Waals surface area contributed by atoms with E-state index in [1.54, 1.807) is 19.9 Å². The average Bonchev–Trinajstić information content (AvgIpc) is 2.41. The Morgan fingerprint density at radius 3 is 2.20 bits per heavy atom. The minimum Gasteiger partial charge on any atom is -0.465 e. The van der Waals surface area contributed by atoms with Crippen LogP contribution >= 0.6 is 0 Å². The molecule has 1 aromatic rings. The summed E-state index contributed by atoms with van der Waals surface area (Å²) < 4.78 is 23.5. The Kier molecular flexibility index (Phi) is 5.66. The summed E-state index contributed by atoms with van der Waals surface area (Å²) in [6.07, 6.45) is 0. The van der Waals surface area contributed by atoms with Crippen LogP contribution in [0.1, 0.15) is 30.9 Å². The van der Waals surface area contributed by atoms with E-state index in [2.05, 4.69) is 0 Å². The summed E-state index contributed by atoms with van der Waals surface area (Å²) in [7, 11) is 0. The van der Waals surface area contributed by atoms with Gasteiger partial charge >= 0.3 is 11.9 Å². The highest BCUT2D eigenvalue weighted by molar-refractivity contribution is 6.00. The van der Waals surface area contributed by atoms with E-state index in [4.69, 9.17) is 14.7 Å². The molecule has 0 radical (unpaired) electrons. The third kappa shape index (κ3) is 3.54. The third-order valence-corrected chi connectivity index (χ3v) is 2.49. The zero-order valence-corrected chi connectivity index (χ0v) is 11.2. The first-order chi connectivity index (χ1) is 9.54. The molecule has 106 valence electrons. The van der Waals surface area contributed by atoms with Crippen LogP contribution in [-0.4, -0.2) is 25.2 Å². The van der Waals surface area contributed by atoms with E-state index in [-0.39, 0.29) is 24.3 Å². The molecular formula is C14H14FNO4. The van der Waals surface area contributed by atoms with Crippen molar-refractivity contribution in [2.24, 2.45) is 0 Å². The smallest absolute Gasteiger partial charge is 0.324 e. The fourth-order valence-corrected chi connectivity index (χ4v) is 1.63. The summed E-state index contributed by atoms with van der Waals surface area (Å²) in [4.78, 5) is 23.6. The molecule has 20 heavy (non-hydrogen) atoms. The van der Waals surface area contributed by atoms with Crippen LogP contribution in [0.15, 0.2) is 18.2 Å². The van der Waals surface area contributed by atoms with Gasteiger partial charge in [0.1, 0.15) is 5.82 Å². The maximum atomic E-state index is 13.9. The minimum atomic E-state index is -1.48. The van der Waals surface area contributed by atoms with Crippen molar-refractivity contribution in [2.75, 3.05) is 13.2 Å². The number of hydrogen-bond donors (Lipinski definition) is 0. The first-order valence-corrected chi connectivity index (χ1v) is 6.07. The van der Waals surface area contributed by atoms with E-state index in [1.165, 1.54) is 12.1 Å². The largest absolute Gasteiger partial charge is 0.465 e. The fraction of sp³-hybridized carbons (Fsp3) is 0.357. The van der Waals surface area contributed by atoms with E-state index >= 15 is 0 Å². The van der Waals surface area contributed by atoms with Crippen LogP contribution in [0.4, 0.5) is 4.39 Å². The fourth-order valence-electron chi connectivity index (χ4n) is 1.63. The molecule has 0 N–H and O–H groups in total. The van der Waals surface area contributed by atoms with Gasteiger partial charge in [-0.25, -0.2) is 4.39 Å². The summed E-state index contributed by atoms with van der Waals surface area (Å²) >= 11 is 0. The van der Waals surface area contributed by atoms with Crippen LogP contribution in [0, 0.1) is 17.1 Å². The van der Waals surface area contributed by atoms with Crippen molar-refractivity contribution in [3.8, 4) is 6.07 Å². The molecule has 0 amide bonds. The van der Waals surface area contributed by atoms with Gasteiger partial charge in [0, 0.05) is 5.56 Å². The van der Waals surface area contributed by atoms with Gasteiger partial charge in [0.2, 0.25) is 0 Å². The number of esters is 2. The Bertz CT molecular complexity index is 533. The van der Waals surface area contributed by atoms with Crippen molar-refractivity contribution in [1.82, 2.24) is 0 Å². The molecule has 0 heterocycles. The van der Waals surface area contributed by atoms with E-state index in [0.717, 1.165) is 6.07 Å². The van der Waals surface area contributed by atoms with Crippen molar-refractivity contribution in [2.45, 2.75) is 19.8 Å². The highest BCUT2D eigenvalue weighted by Gasteiger charge is 2.33. The molecule has 1 rings (SSSR count). The average molecular weight is 279 g/mol. The van der Waals surface area contributed by atoms with Crippen LogP contribution in [0.3, 0.4) is 0 Å². The van der Waals surface area contributed by atoms with Crippen molar-refractivity contribution in [3.05, 3.63) is 35.1 Å². The molecule has 0 aliphatic carbocycles. The molecule has 0 aromatic heterocycles. The van der Waals surface area contributed by atoms with Crippen LogP contribution in [0.25, 0.3) is 0 Å². The van der Waals surface area contributed by atoms with Gasteiger partial charge < -0.3 is 9.47 Å². The van der Waals surface area contributed by atoms with Gasteiger partial charge in [-0.15, -0.1) is 0 Å². The molecule has 0 saturated carbocycles. The minimum absolute atomic E-state index is 0.0621. The summed E-state index contributed by atoms with van der Waals surface area (Å²) in [5.74, 6) is -4.07. The van der Waals surface area contributed by atoms with Gasteiger partial charge in [0.15, 0.2) is 5.92 Å². The highest BCUT2D eigenvalue weighted by Crippen LogP contribution is 2.23. The molecule has 1 aromatic carbocycles. The molecule has 6 heteroatoms. The number of carbonyl (C=O) groups excluding carboxylic acids is 2. The summed E-state index contributed by atoms with van der Waals surface area (Å²) in [5.41, 5.74) is -0.0707. The second-order valence-electron chi connectivity index (χ2n) is 3.79. The Balaban J connectivity index is 3.20. The van der Waals surface area contributed by atoms with Gasteiger partial charge in [-0.3, -0.25) is 9.59 Å². The lowest BCUT2D eigenvalue weighted by molar-refractivity contribution is -0.157. The number of carbonyl (C=O) groups is 2. The van der Waals surface area contributed by atoms with Gasteiger partial charge in [0.05, 0.1) is 24.8 Å². The lowest BCUT2D eigenvalue weighted by Gasteiger charge is -2.15. The van der Waals surface area contributed by atoms with Gasteiger partial charge in [0.25, 0.3) is 0 Å². The maximum Gasteiger partial charge on any atom is 0.324 e. The highest BCUT2D eigenvalue weighted by atomic mass is 19.1. The molecule has 0 aliphatic heterocycles. The second kappa shape index (κ2) is 7.24. The number of rotatable bonds is 5. The predicted octanol–water partition coefficient (Wildman–Crippen LogP) is 1.91. The standard InChI is InChI=1S/C14H14FNO4/c1-3-19-13(17)12(14(18)20-4-2)10-6-5-9(8-16)7-11(10)15/h5-7,12H,3-4H2,1-2H3. The number of hydrogen-bond acceptors (Lipinski definition) is 5. The quantitative estimate of drug-likeness (QED) is 0.607. The number of nitriles is 1. The molecular weight excluding hydrogens is 265 g/mol. The third-order valence-electron chi connectivity index (χ3n) is 2.49. The lowest BCUT2D eigenvalue weighted by atomic mass is 9.97. The summed E-state index contributed by atoms with van der Waals surface area (Å²) in [6.45, 7) is 3.28. The van der Waals surface area contributed by atoms with Crippen molar-refractivity contribution in [1.29, 1.82) is 5.26 Å². The van der Waals surface area contributed by atoms with E-state index < -0.39 is 23.7 Å². The van der Waals surface area contributed by atoms with E-state index in [0.29, 0.717) is 0 Å².